The highest BCUT2D eigenvalue weighted by atomic mass is 16.5. The molecule has 3 aliphatic heterocycles. The number of piperidine rings is 2. The molecule has 21 heavy (non-hydrogen) atoms. The molecule has 0 aliphatic carbocycles. The van der Waals surface area contributed by atoms with Crippen molar-refractivity contribution in [2.24, 2.45) is 17.3 Å². The minimum Gasteiger partial charge on any atom is -0.396 e. The lowest BCUT2D eigenvalue weighted by Gasteiger charge is -2.49. The summed E-state index contributed by atoms with van der Waals surface area (Å²) in [6, 6.07) is 0. The van der Waals surface area contributed by atoms with Gasteiger partial charge in [0.15, 0.2) is 0 Å². The number of carbonyl (C=O) groups excluding carboxylic acids is 1. The molecule has 1 unspecified atom stereocenters. The molecule has 3 saturated heterocycles. The molecule has 120 valence electrons. The van der Waals surface area contributed by atoms with Crippen molar-refractivity contribution >= 4 is 5.91 Å². The first-order valence-corrected chi connectivity index (χ1v) is 8.43. The molecule has 2 N–H and O–H groups in total. The summed E-state index contributed by atoms with van der Waals surface area (Å²) in [4.78, 5) is 14.7. The highest BCUT2D eigenvalue weighted by Crippen LogP contribution is 2.43. The maximum absolute atomic E-state index is 12.6. The summed E-state index contributed by atoms with van der Waals surface area (Å²) in [5.74, 6) is 0.865. The predicted octanol–water partition coefficient (Wildman–Crippen LogP) is 0.624. The van der Waals surface area contributed by atoms with E-state index in [-0.39, 0.29) is 17.9 Å². The second-order valence-corrected chi connectivity index (χ2v) is 6.91. The minimum atomic E-state index is 0.175. The second kappa shape index (κ2) is 6.63. The molecular weight excluding hydrogens is 268 g/mol. The summed E-state index contributed by atoms with van der Waals surface area (Å²) >= 11 is 0. The first-order valence-electron chi connectivity index (χ1n) is 8.43. The molecule has 3 fully saturated rings. The lowest BCUT2D eigenvalue weighted by atomic mass is 9.65. The van der Waals surface area contributed by atoms with Crippen LogP contribution < -0.4 is 5.32 Å². The van der Waals surface area contributed by atoms with Gasteiger partial charge in [-0.2, -0.15) is 0 Å². The predicted molar refractivity (Wildman–Crippen MR) is 79.9 cm³/mol. The molecule has 0 aromatic heterocycles. The van der Waals surface area contributed by atoms with Crippen LogP contribution in [0.5, 0.6) is 0 Å². The lowest BCUT2D eigenvalue weighted by molar-refractivity contribution is -0.142. The normalized spacial score (nSPS) is 30.5. The van der Waals surface area contributed by atoms with E-state index in [2.05, 4.69) is 10.2 Å². The molecule has 1 amide bonds. The van der Waals surface area contributed by atoms with Crippen LogP contribution in [0.1, 0.15) is 32.1 Å². The zero-order chi connectivity index (χ0) is 14.7. The van der Waals surface area contributed by atoms with E-state index in [4.69, 9.17) is 4.74 Å². The number of amides is 1. The summed E-state index contributed by atoms with van der Waals surface area (Å²) in [7, 11) is 0. The van der Waals surface area contributed by atoms with Crippen molar-refractivity contribution in [2.75, 3.05) is 46.0 Å². The third-order valence-corrected chi connectivity index (χ3v) is 5.92. The average Bonchev–Trinajstić information content (AvgIpc) is 2.56. The van der Waals surface area contributed by atoms with Crippen LogP contribution in [0.15, 0.2) is 0 Å². The van der Waals surface area contributed by atoms with E-state index in [1.807, 2.05) is 0 Å². The fraction of sp³-hybridized carbons (Fsp3) is 0.938. The zero-order valence-corrected chi connectivity index (χ0v) is 12.9. The summed E-state index contributed by atoms with van der Waals surface area (Å²) in [6.45, 7) is 5.42. The van der Waals surface area contributed by atoms with E-state index >= 15 is 0 Å². The Morgan fingerprint density at radius 2 is 1.95 bits per heavy atom. The van der Waals surface area contributed by atoms with Gasteiger partial charge in [-0.1, -0.05) is 0 Å². The molecule has 3 heterocycles. The van der Waals surface area contributed by atoms with Gasteiger partial charge in [0.2, 0.25) is 5.91 Å². The van der Waals surface area contributed by atoms with Gasteiger partial charge in [0, 0.05) is 51.3 Å². The van der Waals surface area contributed by atoms with Gasteiger partial charge >= 0.3 is 0 Å². The number of hydrogen-bond donors (Lipinski definition) is 2. The third kappa shape index (κ3) is 3.10. The Balaban J connectivity index is 1.57. The highest BCUT2D eigenvalue weighted by molar-refractivity contribution is 5.79. The Morgan fingerprint density at radius 3 is 2.62 bits per heavy atom. The smallest absolute Gasteiger partial charge is 0.225 e. The van der Waals surface area contributed by atoms with Crippen LogP contribution in [-0.2, 0) is 9.53 Å². The lowest BCUT2D eigenvalue weighted by Crippen LogP contribution is -2.54. The van der Waals surface area contributed by atoms with Crippen molar-refractivity contribution < 1.29 is 14.6 Å². The van der Waals surface area contributed by atoms with Crippen LogP contribution in [0.4, 0.5) is 0 Å². The molecule has 0 saturated carbocycles. The average molecular weight is 296 g/mol. The number of rotatable bonds is 2. The molecule has 0 radical (unpaired) electrons. The Hall–Kier alpha value is -0.650. The molecule has 0 aromatic rings. The Kier molecular flexibility index (Phi) is 4.82. The van der Waals surface area contributed by atoms with Gasteiger partial charge < -0.3 is 20.1 Å². The molecule has 3 aliphatic rings. The van der Waals surface area contributed by atoms with E-state index < -0.39 is 0 Å². The maximum atomic E-state index is 12.6. The number of aliphatic hydroxyl groups excluding tert-OH is 1. The van der Waals surface area contributed by atoms with Crippen molar-refractivity contribution in [3.8, 4) is 0 Å². The van der Waals surface area contributed by atoms with Crippen molar-refractivity contribution in [2.45, 2.75) is 32.1 Å². The maximum Gasteiger partial charge on any atom is 0.225 e. The molecule has 1 spiro atoms. The van der Waals surface area contributed by atoms with Crippen LogP contribution in [0.3, 0.4) is 0 Å². The topological polar surface area (TPSA) is 61.8 Å². The summed E-state index contributed by atoms with van der Waals surface area (Å²) in [6.07, 6.45) is 4.99. The molecular formula is C16H28N2O3. The third-order valence-electron chi connectivity index (χ3n) is 5.92. The number of carbonyl (C=O) groups is 1. The molecule has 0 aromatic carbocycles. The Bertz CT molecular complexity index is 361. The fourth-order valence-corrected chi connectivity index (χ4v) is 4.33. The molecule has 1 atom stereocenters. The quantitative estimate of drug-likeness (QED) is 0.784. The first kappa shape index (κ1) is 15.3. The number of hydrogen-bond acceptors (Lipinski definition) is 4. The summed E-state index contributed by atoms with van der Waals surface area (Å²) in [5.41, 5.74) is 0.256. The number of nitrogens with one attached hydrogen (secondary N) is 1. The van der Waals surface area contributed by atoms with Gasteiger partial charge in [-0.05, 0) is 44.1 Å². The number of nitrogens with zero attached hydrogens (tertiary/aromatic N) is 1. The van der Waals surface area contributed by atoms with E-state index in [1.54, 1.807) is 0 Å². The first-order chi connectivity index (χ1) is 10.2. The van der Waals surface area contributed by atoms with Crippen LogP contribution in [0, 0.1) is 17.3 Å². The van der Waals surface area contributed by atoms with E-state index in [0.717, 1.165) is 71.5 Å². The van der Waals surface area contributed by atoms with Crippen LogP contribution in [0.25, 0.3) is 0 Å². The monoisotopic (exact) mass is 296 g/mol. The van der Waals surface area contributed by atoms with E-state index in [0.29, 0.717) is 11.8 Å². The Morgan fingerprint density at radius 1 is 1.24 bits per heavy atom. The SMILES string of the molecule is O=C(C1CCOCC1)N1CCC2(CCNCC2CO)CC1. The van der Waals surface area contributed by atoms with Gasteiger partial charge in [-0.25, -0.2) is 0 Å². The second-order valence-electron chi connectivity index (χ2n) is 6.91. The van der Waals surface area contributed by atoms with Crippen molar-refractivity contribution in [3.05, 3.63) is 0 Å². The standard InChI is InChI=1S/C16H28N2O3/c19-12-14-11-17-6-3-16(14)4-7-18(8-5-16)15(20)13-1-9-21-10-2-13/h13-14,17,19H,1-12H2. The number of ether oxygens (including phenoxy) is 1. The van der Waals surface area contributed by atoms with E-state index in [1.165, 1.54) is 0 Å². The van der Waals surface area contributed by atoms with Crippen LogP contribution in [-0.4, -0.2) is 61.9 Å². The summed E-state index contributed by atoms with van der Waals surface area (Å²) in [5, 5.41) is 13.0. The van der Waals surface area contributed by atoms with Crippen LogP contribution >= 0.6 is 0 Å². The largest absolute Gasteiger partial charge is 0.396 e. The van der Waals surface area contributed by atoms with Gasteiger partial charge in [-0.15, -0.1) is 0 Å². The Labute approximate surface area is 127 Å². The van der Waals surface area contributed by atoms with Gasteiger partial charge in [0.1, 0.15) is 0 Å². The molecule has 5 heteroatoms. The van der Waals surface area contributed by atoms with Gasteiger partial charge in [0.05, 0.1) is 0 Å². The molecule has 0 bridgehead atoms. The van der Waals surface area contributed by atoms with Gasteiger partial charge in [0.25, 0.3) is 0 Å². The van der Waals surface area contributed by atoms with E-state index in [9.17, 15) is 9.90 Å². The highest BCUT2D eigenvalue weighted by Gasteiger charge is 2.43. The number of aliphatic hydroxyl groups is 1. The minimum absolute atomic E-state index is 0.175. The van der Waals surface area contributed by atoms with Crippen molar-refractivity contribution in [1.82, 2.24) is 10.2 Å². The zero-order valence-electron chi connectivity index (χ0n) is 12.9. The van der Waals surface area contributed by atoms with Crippen molar-refractivity contribution in [1.29, 1.82) is 0 Å². The molecule has 5 nitrogen and oxygen atoms in total. The summed E-state index contributed by atoms with van der Waals surface area (Å²) < 4.78 is 5.35. The van der Waals surface area contributed by atoms with Crippen molar-refractivity contribution in [3.63, 3.8) is 0 Å². The molecule has 3 rings (SSSR count). The number of likely N-dealkylation sites (tertiary alicyclic amines) is 1. The van der Waals surface area contributed by atoms with Gasteiger partial charge in [-0.3, -0.25) is 4.79 Å². The van der Waals surface area contributed by atoms with Crippen LogP contribution in [0.2, 0.25) is 0 Å². The fourth-order valence-electron chi connectivity index (χ4n) is 4.33.